The van der Waals surface area contributed by atoms with Crippen LogP contribution in [0.3, 0.4) is 0 Å². The molecular weight excluding hydrogens is 246 g/mol. The topological polar surface area (TPSA) is 35.2 Å². The van der Waals surface area contributed by atoms with Gasteiger partial charge < -0.3 is 10.5 Å². The number of hydrogen-bond donors (Lipinski definition) is 1. The van der Waals surface area contributed by atoms with Crippen LogP contribution >= 0.6 is 0 Å². The molecule has 0 saturated carbocycles. The molecule has 3 rings (SSSR count). The summed E-state index contributed by atoms with van der Waals surface area (Å²) in [7, 11) is 0. The van der Waals surface area contributed by atoms with Crippen LogP contribution in [0.1, 0.15) is 0 Å². The van der Waals surface area contributed by atoms with Gasteiger partial charge >= 0.3 is 0 Å². The van der Waals surface area contributed by atoms with Crippen molar-refractivity contribution < 1.29 is 4.74 Å². The molecule has 0 unspecified atom stereocenters. The largest absolute Gasteiger partial charge is 0.457 e. The lowest BCUT2D eigenvalue weighted by Gasteiger charge is -2.07. The fraction of sp³-hybridized carbons (Fsp3) is 0. The predicted octanol–water partition coefficient (Wildman–Crippen LogP) is 4.73. The minimum absolute atomic E-state index is 0.698. The first-order valence-corrected chi connectivity index (χ1v) is 6.50. The number of nitrogen functional groups attached to an aromatic ring is 1. The summed E-state index contributed by atoms with van der Waals surface area (Å²) >= 11 is 0. The van der Waals surface area contributed by atoms with E-state index in [2.05, 4.69) is 24.3 Å². The SMILES string of the molecule is Nc1cccc(Oc2ccc(-c3ccccc3)cc2)c1. The van der Waals surface area contributed by atoms with Crippen LogP contribution in [-0.2, 0) is 0 Å². The second-order valence-electron chi connectivity index (χ2n) is 4.56. The Balaban J connectivity index is 1.80. The monoisotopic (exact) mass is 261 g/mol. The molecule has 0 fully saturated rings. The van der Waals surface area contributed by atoms with Crippen molar-refractivity contribution in [1.82, 2.24) is 0 Å². The molecule has 0 radical (unpaired) electrons. The van der Waals surface area contributed by atoms with Gasteiger partial charge in [-0.2, -0.15) is 0 Å². The summed E-state index contributed by atoms with van der Waals surface area (Å²) in [5.74, 6) is 1.55. The van der Waals surface area contributed by atoms with E-state index in [1.165, 1.54) is 11.1 Å². The molecule has 2 nitrogen and oxygen atoms in total. The lowest BCUT2D eigenvalue weighted by molar-refractivity contribution is 0.483. The van der Waals surface area contributed by atoms with Crippen molar-refractivity contribution in [2.45, 2.75) is 0 Å². The van der Waals surface area contributed by atoms with Gasteiger partial charge in [0.1, 0.15) is 11.5 Å². The quantitative estimate of drug-likeness (QED) is 0.692. The Kier molecular flexibility index (Phi) is 3.38. The zero-order valence-electron chi connectivity index (χ0n) is 11.0. The van der Waals surface area contributed by atoms with Gasteiger partial charge in [0.25, 0.3) is 0 Å². The zero-order valence-corrected chi connectivity index (χ0v) is 11.0. The van der Waals surface area contributed by atoms with E-state index in [1.54, 1.807) is 0 Å². The standard InChI is InChI=1S/C18H15NO/c19-16-7-4-8-18(13-16)20-17-11-9-15(10-12-17)14-5-2-1-3-6-14/h1-13H,19H2. The maximum absolute atomic E-state index is 5.77. The Morgan fingerprint density at radius 2 is 1.30 bits per heavy atom. The number of ether oxygens (including phenoxy) is 1. The number of benzene rings is 3. The van der Waals surface area contributed by atoms with Crippen LogP contribution in [0.25, 0.3) is 11.1 Å². The highest BCUT2D eigenvalue weighted by molar-refractivity contribution is 5.64. The molecule has 0 aliphatic carbocycles. The fourth-order valence-electron chi connectivity index (χ4n) is 2.06. The van der Waals surface area contributed by atoms with Gasteiger partial charge in [-0.25, -0.2) is 0 Å². The van der Waals surface area contributed by atoms with Gasteiger partial charge in [0, 0.05) is 11.8 Å². The second-order valence-corrected chi connectivity index (χ2v) is 4.56. The third kappa shape index (κ3) is 2.81. The van der Waals surface area contributed by atoms with E-state index < -0.39 is 0 Å². The molecule has 0 bridgehead atoms. The van der Waals surface area contributed by atoms with Gasteiger partial charge in [-0.15, -0.1) is 0 Å². The Morgan fingerprint density at radius 1 is 0.600 bits per heavy atom. The molecule has 2 N–H and O–H groups in total. The molecule has 3 aromatic rings. The van der Waals surface area contributed by atoms with E-state index in [1.807, 2.05) is 54.6 Å². The highest BCUT2D eigenvalue weighted by Crippen LogP contribution is 2.26. The van der Waals surface area contributed by atoms with Crippen LogP contribution in [0.5, 0.6) is 11.5 Å². The van der Waals surface area contributed by atoms with Crippen molar-refractivity contribution in [3.8, 4) is 22.6 Å². The van der Waals surface area contributed by atoms with Gasteiger partial charge in [0.15, 0.2) is 0 Å². The maximum atomic E-state index is 5.77. The summed E-state index contributed by atoms with van der Waals surface area (Å²) in [5.41, 5.74) is 8.80. The third-order valence-electron chi connectivity index (χ3n) is 3.06. The van der Waals surface area contributed by atoms with Crippen LogP contribution < -0.4 is 10.5 Å². The molecule has 0 spiro atoms. The fourth-order valence-corrected chi connectivity index (χ4v) is 2.06. The van der Waals surface area contributed by atoms with Crippen molar-refractivity contribution >= 4 is 5.69 Å². The normalized spacial score (nSPS) is 10.2. The highest BCUT2D eigenvalue weighted by Gasteiger charge is 2.00. The first kappa shape index (κ1) is 12.3. The minimum Gasteiger partial charge on any atom is -0.457 e. The second kappa shape index (κ2) is 5.49. The van der Waals surface area contributed by atoms with Crippen molar-refractivity contribution in [1.29, 1.82) is 0 Å². The van der Waals surface area contributed by atoms with Crippen LogP contribution in [0.15, 0.2) is 78.9 Å². The predicted molar refractivity (Wildman–Crippen MR) is 82.8 cm³/mol. The van der Waals surface area contributed by atoms with Crippen molar-refractivity contribution in [3.05, 3.63) is 78.9 Å². The lowest BCUT2D eigenvalue weighted by Crippen LogP contribution is -1.87. The Morgan fingerprint density at radius 3 is 2.00 bits per heavy atom. The van der Waals surface area contributed by atoms with Gasteiger partial charge in [-0.3, -0.25) is 0 Å². The molecule has 0 amide bonds. The summed E-state index contributed by atoms with van der Waals surface area (Å²) in [6.07, 6.45) is 0. The first-order valence-electron chi connectivity index (χ1n) is 6.50. The molecule has 0 heterocycles. The number of nitrogens with two attached hydrogens (primary N) is 1. The third-order valence-corrected chi connectivity index (χ3v) is 3.06. The lowest BCUT2D eigenvalue weighted by atomic mass is 10.1. The Hall–Kier alpha value is -2.74. The molecule has 3 aromatic carbocycles. The van der Waals surface area contributed by atoms with Gasteiger partial charge in [-0.05, 0) is 35.4 Å². The number of anilines is 1. The molecular formula is C18H15NO. The smallest absolute Gasteiger partial charge is 0.129 e. The van der Waals surface area contributed by atoms with Crippen LogP contribution in [0.4, 0.5) is 5.69 Å². The zero-order chi connectivity index (χ0) is 13.8. The van der Waals surface area contributed by atoms with E-state index >= 15 is 0 Å². The van der Waals surface area contributed by atoms with Gasteiger partial charge in [0.2, 0.25) is 0 Å². The van der Waals surface area contributed by atoms with E-state index in [0.29, 0.717) is 5.69 Å². The highest BCUT2D eigenvalue weighted by atomic mass is 16.5. The Labute approximate surface area is 118 Å². The van der Waals surface area contributed by atoms with E-state index in [4.69, 9.17) is 10.5 Å². The van der Waals surface area contributed by atoms with E-state index in [9.17, 15) is 0 Å². The van der Waals surface area contributed by atoms with Crippen molar-refractivity contribution in [2.75, 3.05) is 5.73 Å². The number of hydrogen-bond acceptors (Lipinski definition) is 2. The van der Waals surface area contributed by atoms with Gasteiger partial charge in [0.05, 0.1) is 0 Å². The molecule has 0 atom stereocenters. The van der Waals surface area contributed by atoms with Crippen LogP contribution in [0, 0.1) is 0 Å². The molecule has 98 valence electrons. The minimum atomic E-state index is 0.698. The first-order chi connectivity index (χ1) is 9.81. The Bertz CT molecular complexity index is 690. The summed E-state index contributed by atoms with van der Waals surface area (Å²) in [4.78, 5) is 0. The van der Waals surface area contributed by atoms with Crippen molar-refractivity contribution in [2.24, 2.45) is 0 Å². The summed E-state index contributed by atoms with van der Waals surface area (Å²) < 4.78 is 5.77. The van der Waals surface area contributed by atoms with Gasteiger partial charge in [-0.1, -0.05) is 48.5 Å². The molecule has 0 aromatic heterocycles. The maximum Gasteiger partial charge on any atom is 0.129 e. The summed E-state index contributed by atoms with van der Waals surface area (Å²) in [5, 5.41) is 0. The molecule has 0 aliphatic heterocycles. The molecule has 20 heavy (non-hydrogen) atoms. The van der Waals surface area contributed by atoms with Crippen LogP contribution in [-0.4, -0.2) is 0 Å². The molecule has 0 aliphatic rings. The number of rotatable bonds is 3. The van der Waals surface area contributed by atoms with Crippen molar-refractivity contribution in [3.63, 3.8) is 0 Å². The summed E-state index contributed by atoms with van der Waals surface area (Å²) in [6, 6.07) is 25.7. The summed E-state index contributed by atoms with van der Waals surface area (Å²) in [6.45, 7) is 0. The van der Waals surface area contributed by atoms with E-state index in [-0.39, 0.29) is 0 Å². The average Bonchev–Trinajstić information content (AvgIpc) is 2.49. The molecule has 2 heteroatoms. The average molecular weight is 261 g/mol. The molecule has 0 saturated heterocycles. The van der Waals surface area contributed by atoms with E-state index in [0.717, 1.165) is 11.5 Å². The van der Waals surface area contributed by atoms with Crippen LogP contribution in [0.2, 0.25) is 0 Å².